The van der Waals surface area contributed by atoms with E-state index in [2.05, 4.69) is 115 Å². The topological polar surface area (TPSA) is 51.8 Å². The van der Waals surface area contributed by atoms with Crippen LogP contribution >= 0.6 is 0 Å². The Labute approximate surface area is 294 Å². The van der Waals surface area contributed by atoms with Crippen LogP contribution < -0.4 is 0 Å². The van der Waals surface area contributed by atoms with Gasteiger partial charge in [0.05, 0.1) is 0 Å². The van der Waals surface area contributed by atoms with Crippen molar-refractivity contribution in [3.05, 3.63) is 176 Å². The Hall–Kier alpha value is -6.91. The molecule has 0 saturated heterocycles. The van der Waals surface area contributed by atoms with Gasteiger partial charge in [-0.05, 0) is 74.1 Å². The maximum atomic E-state index is 6.68. The van der Waals surface area contributed by atoms with Gasteiger partial charge in [0.2, 0.25) is 0 Å². The second-order valence-electron chi connectivity index (χ2n) is 12.9. The Morgan fingerprint density at radius 1 is 0.314 bits per heavy atom. The fourth-order valence-corrected chi connectivity index (χ4v) is 7.09. The fourth-order valence-electron chi connectivity index (χ4n) is 7.09. The number of aromatic nitrogens is 3. The van der Waals surface area contributed by atoms with E-state index in [-0.39, 0.29) is 0 Å². The van der Waals surface area contributed by atoms with Crippen molar-refractivity contribution in [1.29, 1.82) is 0 Å². The molecule has 2 aromatic heterocycles. The molecule has 10 aromatic rings. The summed E-state index contributed by atoms with van der Waals surface area (Å²) in [6, 6.07) is 61.1. The third-order valence-corrected chi connectivity index (χ3v) is 9.68. The van der Waals surface area contributed by atoms with E-state index in [4.69, 9.17) is 19.4 Å². The van der Waals surface area contributed by atoms with Gasteiger partial charge in [-0.1, -0.05) is 146 Å². The molecule has 0 atom stereocenters. The molecule has 0 fully saturated rings. The Balaban J connectivity index is 1.19. The summed E-state index contributed by atoms with van der Waals surface area (Å²) in [5, 5.41) is 6.76. The van der Waals surface area contributed by atoms with Crippen LogP contribution in [-0.4, -0.2) is 15.0 Å². The van der Waals surface area contributed by atoms with Crippen molar-refractivity contribution < 1.29 is 4.42 Å². The van der Waals surface area contributed by atoms with Crippen LogP contribution in [0, 0.1) is 0 Å². The van der Waals surface area contributed by atoms with Gasteiger partial charge >= 0.3 is 0 Å². The Bertz CT molecular complexity index is 2840. The highest BCUT2D eigenvalue weighted by Gasteiger charge is 2.20. The van der Waals surface area contributed by atoms with E-state index in [0.29, 0.717) is 17.5 Å². The molecule has 10 rings (SSSR count). The van der Waals surface area contributed by atoms with Gasteiger partial charge in [-0.2, -0.15) is 0 Å². The minimum atomic E-state index is 0.596. The highest BCUT2D eigenvalue weighted by Crippen LogP contribution is 2.41. The standard InChI is InChI=1S/C47H29N3O/c1-3-12-33(13-4-1)45-48-46(34-14-5-2-6-15-34)50-47(49-45)41-27-39(29-43-44(41)40-26-36-17-9-10-18-37(36)28-42(40)51-43)32-21-19-31(20-22-32)38-24-23-30-11-7-8-16-35(30)25-38/h1-29H. The van der Waals surface area contributed by atoms with Crippen LogP contribution in [0.1, 0.15) is 0 Å². The number of rotatable bonds is 5. The predicted octanol–water partition coefficient (Wildman–Crippen LogP) is 12.4. The zero-order valence-electron chi connectivity index (χ0n) is 27.5. The average molecular weight is 652 g/mol. The summed E-state index contributed by atoms with van der Waals surface area (Å²) in [5.41, 5.74) is 8.82. The van der Waals surface area contributed by atoms with Crippen LogP contribution in [0.4, 0.5) is 0 Å². The molecule has 2 heterocycles. The summed E-state index contributed by atoms with van der Waals surface area (Å²) >= 11 is 0. The minimum absolute atomic E-state index is 0.596. The molecule has 0 saturated carbocycles. The number of hydrogen-bond donors (Lipinski definition) is 0. The molecule has 0 N–H and O–H groups in total. The van der Waals surface area contributed by atoms with Gasteiger partial charge in [-0.15, -0.1) is 0 Å². The minimum Gasteiger partial charge on any atom is -0.456 e. The smallest absolute Gasteiger partial charge is 0.164 e. The average Bonchev–Trinajstić information content (AvgIpc) is 3.57. The lowest BCUT2D eigenvalue weighted by molar-refractivity contribution is 0.669. The Morgan fingerprint density at radius 2 is 0.824 bits per heavy atom. The molecule has 0 amide bonds. The van der Waals surface area contributed by atoms with Crippen molar-refractivity contribution in [2.24, 2.45) is 0 Å². The maximum Gasteiger partial charge on any atom is 0.164 e. The van der Waals surface area contributed by atoms with Crippen LogP contribution in [0.15, 0.2) is 180 Å². The van der Waals surface area contributed by atoms with Gasteiger partial charge in [0.25, 0.3) is 0 Å². The van der Waals surface area contributed by atoms with E-state index in [9.17, 15) is 0 Å². The molecule has 0 spiro atoms. The lowest BCUT2D eigenvalue weighted by Gasteiger charge is -2.11. The summed E-state index contributed by atoms with van der Waals surface area (Å²) < 4.78 is 6.68. The second kappa shape index (κ2) is 11.9. The number of nitrogens with zero attached hydrogens (tertiary/aromatic N) is 3. The molecule has 0 bridgehead atoms. The first-order chi connectivity index (χ1) is 25.2. The third-order valence-electron chi connectivity index (χ3n) is 9.68. The van der Waals surface area contributed by atoms with Crippen LogP contribution in [0.3, 0.4) is 0 Å². The lowest BCUT2D eigenvalue weighted by atomic mass is 9.95. The molecule has 4 nitrogen and oxygen atoms in total. The van der Waals surface area contributed by atoms with Gasteiger partial charge in [0.15, 0.2) is 17.5 Å². The molecule has 238 valence electrons. The van der Waals surface area contributed by atoms with Crippen molar-refractivity contribution >= 4 is 43.5 Å². The zero-order valence-corrected chi connectivity index (χ0v) is 27.5. The highest BCUT2D eigenvalue weighted by atomic mass is 16.3. The first kappa shape index (κ1) is 29.0. The van der Waals surface area contributed by atoms with Crippen molar-refractivity contribution in [2.45, 2.75) is 0 Å². The number of hydrogen-bond acceptors (Lipinski definition) is 4. The number of benzene rings is 8. The molecule has 0 aliphatic heterocycles. The summed E-state index contributed by atoms with van der Waals surface area (Å²) in [5.74, 6) is 1.84. The van der Waals surface area contributed by atoms with E-state index < -0.39 is 0 Å². The van der Waals surface area contributed by atoms with E-state index in [0.717, 1.165) is 60.5 Å². The first-order valence-electron chi connectivity index (χ1n) is 17.1. The molecular formula is C47H29N3O. The highest BCUT2D eigenvalue weighted by molar-refractivity contribution is 6.16. The van der Waals surface area contributed by atoms with Crippen LogP contribution in [0.2, 0.25) is 0 Å². The number of fused-ring (bicyclic) bond motifs is 5. The van der Waals surface area contributed by atoms with E-state index in [1.54, 1.807) is 0 Å². The van der Waals surface area contributed by atoms with Crippen molar-refractivity contribution in [1.82, 2.24) is 15.0 Å². The predicted molar refractivity (Wildman–Crippen MR) is 209 cm³/mol. The SMILES string of the molecule is c1ccc(-c2nc(-c3ccccc3)nc(-c3cc(-c4ccc(-c5ccc6ccccc6c5)cc4)cc4oc5cc6ccccc6cc5c34)n2)cc1. The van der Waals surface area contributed by atoms with Crippen molar-refractivity contribution in [3.8, 4) is 56.4 Å². The van der Waals surface area contributed by atoms with E-state index in [1.807, 2.05) is 60.7 Å². The summed E-state index contributed by atoms with van der Waals surface area (Å²) in [7, 11) is 0. The first-order valence-corrected chi connectivity index (χ1v) is 17.1. The molecule has 0 aliphatic rings. The van der Waals surface area contributed by atoms with E-state index >= 15 is 0 Å². The molecule has 0 radical (unpaired) electrons. The van der Waals surface area contributed by atoms with Gasteiger partial charge in [-0.3, -0.25) is 0 Å². The monoisotopic (exact) mass is 651 g/mol. The maximum absolute atomic E-state index is 6.68. The fraction of sp³-hybridized carbons (Fsp3) is 0. The van der Waals surface area contributed by atoms with Crippen molar-refractivity contribution in [2.75, 3.05) is 0 Å². The summed E-state index contributed by atoms with van der Waals surface area (Å²) in [4.78, 5) is 15.3. The van der Waals surface area contributed by atoms with Gasteiger partial charge < -0.3 is 4.42 Å². The van der Waals surface area contributed by atoms with Gasteiger partial charge in [0.1, 0.15) is 11.2 Å². The molecule has 0 aliphatic carbocycles. The van der Waals surface area contributed by atoms with Crippen LogP contribution in [0.5, 0.6) is 0 Å². The summed E-state index contributed by atoms with van der Waals surface area (Å²) in [6.45, 7) is 0. The quantitative estimate of drug-likeness (QED) is 0.186. The zero-order chi connectivity index (χ0) is 33.7. The lowest BCUT2D eigenvalue weighted by Crippen LogP contribution is -2.00. The Morgan fingerprint density at radius 3 is 1.47 bits per heavy atom. The summed E-state index contributed by atoms with van der Waals surface area (Å²) in [6.07, 6.45) is 0. The molecule has 0 unspecified atom stereocenters. The van der Waals surface area contributed by atoms with Crippen LogP contribution in [-0.2, 0) is 0 Å². The van der Waals surface area contributed by atoms with Gasteiger partial charge in [-0.25, -0.2) is 15.0 Å². The van der Waals surface area contributed by atoms with Crippen LogP contribution in [0.25, 0.3) is 99.9 Å². The third kappa shape index (κ3) is 5.22. The normalized spacial score (nSPS) is 11.5. The largest absolute Gasteiger partial charge is 0.456 e. The van der Waals surface area contributed by atoms with Gasteiger partial charge in [0, 0.05) is 27.5 Å². The molecule has 8 aromatic carbocycles. The number of furan rings is 1. The molecular weight excluding hydrogens is 623 g/mol. The second-order valence-corrected chi connectivity index (χ2v) is 12.9. The Kier molecular flexibility index (Phi) is 6.78. The molecule has 4 heteroatoms. The molecule has 51 heavy (non-hydrogen) atoms. The van der Waals surface area contributed by atoms with E-state index in [1.165, 1.54) is 21.9 Å². The van der Waals surface area contributed by atoms with Crippen molar-refractivity contribution in [3.63, 3.8) is 0 Å².